The predicted molar refractivity (Wildman–Crippen MR) is 190 cm³/mol. The van der Waals surface area contributed by atoms with Crippen molar-refractivity contribution in [3.05, 3.63) is 93.0 Å². The Balaban J connectivity index is 1.65. The molecule has 0 radical (unpaired) electrons. The van der Waals surface area contributed by atoms with Crippen LogP contribution < -0.4 is 9.64 Å². The molecule has 3 aromatic carbocycles. The van der Waals surface area contributed by atoms with Crippen molar-refractivity contribution in [3.63, 3.8) is 0 Å². The van der Waals surface area contributed by atoms with Gasteiger partial charge in [0.25, 0.3) is 0 Å². The quantitative estimate of drug-likeness (QED) is 0.215. The number of amides is 1. The van der Waals surface area contributed by atoms with Crippen molar-refractivity contribution in [2.75, 3.05) is 32.3 Å². The molecule has 270 valence electrons. The van der Waals surface area contributed by atoms with Crippen molar-refractivity contribution >= 4 is 40.8 Å². The van der Waals surface area contributed by atoms with Crippen LogP contribution in [0.5, 0.6) is 5.75 Å². The summed E-state index contributed by atoms with van der Waals surface area (Å²) in [6.07, 6.45) is 1.73. The highest BCUT2D eigenvalue weighted by Crippen LogP contribution is 2.60. The minimum absolute atomic E-state index is 0.0377. The number of halogens is 4. The van der Waals surface area contributed by atoms with E-state index in [-0.39, 0.29) is 38.4 Å². The Bertz CT molecular complexity index is 1870. The lowest BCUT2D eigenvalue weighted by atomic mass is 9.62. The van der Waals surface area contributed by atoms with E-state index in [0.717, 1.165) is 18.9 Å². The molecule has 3 fully saturated rings. The first-order valence-corrected chi connectivity index (χ1v) is 17.8. The molecule has 0 unspecified atom stereocenters. The lowest BCUT2D eigenvalue weighted by Gasteiger charge is -2.43. The van der Waals surface area contributed by atoms with Crippen molar-refractivity contribution in [1.29, 1.82) is 5.26 Å². The molecule has 3 saturated heterocycles. The van der Waals surface area contributed by atoms with Gasteiger partial charge in [-0.05, 0) is 72.9 Å². The molecule has 6 rings (SSSR count). The molecule has 51 heavy (non-hydrogen) atoms. The van der Waals surface area contributed by atoms with Crippen LogP contribution in [0.3, 0.4) is 0 Å². The Morgan fingerprint density at radius 2 is 1.80 bits per heavy atom. The number of fused-ring (bicyclic) bond motifs is 1. The number of carbonyl (C=O) groups is 2. The fourth-order valence-corrected chi connectivity index (χ4v) is 8.80. The van der Waals surface area contributed by atoms with Gasteiger partial charge in [-0.15, -0.1) is 0 Å². The molecule has 3 aromatic rings. The highest BCUT2D eigenvalue weighted by Gasteiger charge is 2.70. The largest absolute Gasteiger partial charge is 0.496 e. The third kappa shape index (κ3) is 6.48. The Hall–Kier alpha value is -3.75. The van der Waals surface area contributed by atoms with E-state index in [0.29, 0.717) is 31.7 Å². The number of hydrogen-bond donors (Lipinski definition) is 0. The van der Waals surface area contributed by atoms with E-state index in [9.17, 15) is 10.1 Å². The fourth-order valence-electron chi connectivity index (χ4n) is 8.46. The number of benzene rings is 3. The molecule has 0 aromatic heterocycles. The Labute approximate surface area is 307 Å². The Kier molecular flexibility index (Phi) is 10.4. The zero-order chi connectivity index (χ0) is 36.8. The number of carbonyl (C=O) groups excluding carboxylic acids is 2. The van der Waals surface area contributed by atoms with Gasteiger partial charge in [0, 0.05) is 47.5 Å². The van der Waals surface area contributed by atoms with Crippen molar-refractivity contribution < 1.29 is 32.6 Å². The van der Waals surface area contributed by atoms with Crippen LogP contribution in [0.15, 0.2) is 54.6 Å². The molecule has 0 spiro atoms. The summed E-state index contributed by atoms with van der Waals surface area (Å²) in [6.45, 7) is 7.20. The standard InChI is InChI=1S/C39H41Cl2F2N3O5/c1-38(2,3)20-31-39(21-44,27-12-9-23(40)18-29(27)42)33(26-7-6-8-28(41)34(26)43)35-36(47)45(32(46(31)35)17-22-13-15-51-16-14-22)24-10-11-25(37(48)50-5)30(19-24)49-4/h6-12,18-19,22,31-33,35H,13-17,20H2,1-5H3/t31-,32-,33-,35+,39-/m0/s1. The number of methoxy groups -OCH3 is 2. The fraction of sp³-hybridized carbons (Fsp3) is 0.462. The number of anilines is 1. The van der Waals surface area contributed by atoms with Crippen molar-refractivity contribution in [2.45, 2.75) is 76.0 Å². The zero-order valence-corrected chi connectivity index (χ0v) is 30.7. The number of hydrogen-bond acceptors (Lipinski definition) is 7. The molecule has 5 atom stereocenters. The van der Waals surface area contributed by atoms with Crippen LogP contribution in [0, 0.1) is 34.3 Å². The van der Waals surface area contributed by atoms with Gasteiger partial charge in [-0.2, -0.15) is 5.26 Å². The summed E-state index contributed by atoms with van der Waals surface area (Å²) in [4.78, 5) is 31.6. The van der Waals surface area contributed by atoms with Gasteiger partial charge in [-0.3, -0.25) is 14.6 Å². The van der Waals surface area contributed by atoms with Gasteiger partial charge in [0.2, 0.25) is 5.91 Å². The summed E-state index contributed by atoms with van der Waals surface area (Å²) in [5.41, 5.74) is -1.45. The van der Waals surface area contributed by atoms with Gasteiger partial charge in [0.15, 0.2) is 0 Å². The smallest absolute Gasteiger partial charge is 0.341 e. The van der Waals surface area contributed by atoms with E-state index in [1.165, 1.54) is 38.5 Å². The topological polar surface area (TPSA) is 92.1 Å². The van der Waals surface area contributed by atoms with E-state index in [4.69, 9.17) is 37.4 Å². The molecule has 0 N–H and O–H groups in total. The first-order valence-electron chi connectivity index (χ1n) is 17.0. The van der Waals surface area contributed by atoms with Crippen molar-refractivity contribution in [1.82, 2.24) is 4.90 Å². The van der Waals surface area contributed by atoms with E-state index >= 15 is 13.6 Å². The number of nitriles is 1. The maximum absolute atomic E-state index is 16.4. The summed E-state index contributed by atoms with van der Waals surface area (Å²) in [5, 5.41) is 11.5. The highest BCUT2D eigenvalue weighted by molar-refractivity contribution is 6.31. The molecule has 1 amide bonds. The van der Waals surface area contributed by atoms with E-state index in [2.05, 4.69) is 6.07 Å². The average molecular weight is 741 g/mol. The molecular formula is C39H41Cl2F2N3O5. The second-order valence-corrected chi connectivity index (χ2v) is 15.6. The average Bonchev–Trinajstić information content (AvgIpc) is 3.53. The summed E-state index contributed by atoms with van der Waals surface area (Å²) in [7, 11) is 2.70. The summed E-state index contributed by atoms with van der Waals surface area (Å²) in [6, 6.07) is 14.1. The van der Waals surface area contributed by atoms with Crippen LogP contribution >= 0.6 is 23.2 Å². The van der Waals surface area contributed by atoms with Gasteiger partial charge in [-0.1, -0.05) is 62.2 Å². The Morgan fingerprint density at radius 1 is 1.08 bits per heavy atom. The molecule has 0 aliphatic carbocycles. The minimum atomic E-state index is -1.75. The number of nitrogens with zero attached hydrogens (tertiary/aromatic N) is 3. The second kappa shape index (κ2) is 14.3. The summed E-state index contributed by atoms with van der Waals surface area (Å²) in [5.74, 6) is -3.31. The highest BCUT2D eigenvalue weighted by atomic mass is 35.5. The van der Waals surface area contributed by atoms with E-state index < -0.39 is 58.5 Å². The monoisotopic (exact) mass is 739 g/mol. The van der Waals surface area contributed by atoms with Crippen molar-refractivity contribution in [2.24, 2.45) is 11.3 Å². The number of rotatable bonds is 8. The molecule has 0 bridgehead atoms. The Morgan fingerprint density at radius 3 is 2.43 bits per heavy atom. The maximum atomic E-state index is 16.4. The van der Waals surface area contributed by atoms with Crippen LogP contribution in [0.1, 0.15) is 73.9 Å². The summed E-state index contributed by atoms with van der Waals surface area (Å²) >= 11 is 12.6. The molecule has 3 aliphatic heterocycles. The molecule has 12 heteroatoms. The minimum Gasteiger partial charge on any atom is -0.496 e. The van der Waals surface area contributed by atoms with Gasteiger partial charge >= 0.3 is 5.97 Å². The first kappa shape index (κ1) is 37.0. The maximum Gasteiger partial charge on any atom is 0.341 e. The molecule has 0 saturated carbocycles. The lowest BCUT2D eigenvalue weighted by Crippen LogP contribution is -2.52. The van der Waals surface area contributed by atoms with Crippen LogP contribution in [-0.2, 0) is 19.7 Å². The summed E-state index contributed by atoms with van der Waals surface area (Å²) < 4.78 is 49.0. The first-order chi connectivity index (χ1) is 24.3. The third-order valence-corrected chi connectivity index (χ3v) is 11.1. The predicted octanol–water partition coefficient (Wildman–Crippen LogP) is 8.29. The number of ether oxygens (including phenoxy) is 3. The van der Waals surface area contributed by atoms with E-state index in [1.54, 1.807) is 29.2 Å². The zero-order valence-electron chi connectivity index (χ0n) is 29.2. The van der Waals surface area contributed by atoms with Crippen LogP contribution in [0.2, 0.25) is 10.0 Å². The normalized spacial score (nSPS) is 25.5. The molecule has 8 nitrogen and oxygen atoms in total. The van der Waals surface area contributed by atoms with Crippen LogP contribution in [0.25, 0.3) is 0 Å². The van der Waals surface area contributed by atoms with Crippen LogP contribution in [-0.4, -0.2) is 62.5 Å². The van der Waals surface area contributed by atoms with Gasteiger partial charge in [-0.25, -0.2) is 13.6 Å². The second-order valence-electron chi connectivity index (χ2n) is 14.8. The number of esters is 1. The van der Waals surface area contributed by atoms with Gasteiger partial charge in [0.1, 0.15) is 34.4 Å². The SMILES string of the molecule is COC(=O)c1ccc(N2C(=O)[C@H]3[C@H](c4cccc(Cl)c4F)[C@@](C#N)(c4ccc(Cl)cc4F)[C@H](CC(C)(C)C)N3[C@H]2CC2CCOCC2)cc1OC. The lowest BCUT2D eigenvalue weighted by molar-refractivity contribution is -0.119. The molecular weight excluding hydrogens is 699 g/mol. The van der Waals surface area contributed by atoms with Crippen LogP contribution in [0.4, 0.5) is 14.5 Å². The molecule has 3 heterocycles. The van der Waals surface area contributed by atoms with Crippen molar-refractivity contribution in [3.8, 4) is 11.8 Å². The molecule has 3 aliphatic rings. The van der Waals surface area contributed by atoms with Gasteiger partial charge in [0.05, 0.1) is 31.5 Å². The van der Waals surface area contributed by atoms with E-state index in [1.807, 2.05) is 25.7 Å². The third-order valence-electron chi connectivity index (χ3n) is 10.6. The van der Waals surface area contributed by atoms with Gasteiger partial charge < -0.3 is 14.2 Å².